The summed E-state index contributed by atoms with van der Waals surface area (Å²) >= 11 is 1.38. The van der Waals surface area contributed by atoms with Gasteiger partial charge in [0.25, 0.3) is 0 Å². The van der Waals surface area contributed by atoms with Gasteiger partial charge in [-0.3, -0.25) is 0 Å². The topological polar surface area (TPSA) is 33.0 Å². The molecule has 22 heavy (non-hydrogen) atoms. The Morgan fingerprint density at radius 3 is 2.05 bits per heavy atom. The summed E-state index contributed by atoms with van der Waals surface area (Å²) in [6.07, 6.45) is 11.7. The van der Waals surface area contributed by atoms with Crippen molar-refractivity contribution in [3.05, 3.63) is 35.9 Å². The molecule has 122 valence electrons. The van der Waals surface area contributed by atoms with E-state index >= 15 is 0 Å². The first-order valence-corrected chi connectivity index (χ1v) is 9.54. The molecule has 0 aromatic heterocycles. The van der Waals surface area contributed by atoms with Crippen LogP contribution < -0.4 is 0 Å². The first kappa shape index (κ1) is 19.1. The lowest BCUT2D eigenvalue weighted by Crippen LogP contribution is -1.95. The summed E-state index contributed by atoms with van der Waals surface area (Å²) in [6.45, 7) is 1.62. The molecule has 0 heterocycles. The molecule has 1 aromatic rings. The predicted molar refractivity (Wildman–Crippen MR) is 95.7 cm³/mol. The third-order valence-electron chi connectivity index (χ3n) is 3.71. The lowest BCUT2D eigenvalue weighted by atomic mass is 10.1. The highest BCUT2D eigenvalue weighted by Gasteiger charge is 1.95. The van der Waals surface area contributed by atoms with E-state index in [4.69, 9.17) is 10.00 Å². The Kier molecular flexibility index (Phi) is 12.9. The normalized spacial score (nSPS) is 10.5. The van der Waals surface area contributed by atoms with Crippen molar-refractivity contribution in [3.8, 4) is 5.40 Å². The first-order valence-electron chi connectivity index (χ1n) is 8.56. The molecule has 2 nitrogen and oxygen atoms in total. The highest BCUT2D eigenvalue weighted by Crippen LogP contribution is 2.11. The summed E-state index contributed by atoms with van der Waals surface area (Å²) in [6, 6.07) is 10.4. The molecular formula is C19H29NOS. The van der Waals surface area contributed by atoms with Gasteiger partial charge < -0.3 is 4.74 Å². The van der Waals surface area contributed by atoms with E-state index in [1.54, 1.807) is 0 Å². The van der Waals surface area contributed by atoms with Gasteiger partial charge in [-0.2, -0.15) is 5.26 Å². The van der Waals surface area contributed by atoms with Gasteiger partial charge in [-0.25, -0.2) is 0 Å². The van der Waals surface area contributed by atoms with Crippen LogP contribution in [0.3, 0.4) is 0 Å². The van der Waals surface area contributed by atoms with Crippen LogP contribution >= 0.6 is 11.8 Å². The minimum absolute atomic E-state index is 0.741. The number of rotatable bonds is 14. The van der Waals surface area contributed by atoms with Crippen LogP contribution in [0.4, 0.5) is 0 Å². The zero-order valence-corrected chi connectivity index (χ0v) is 14.5. The number of thiocyanates is 1. The van der Waals surface area contributed by atoms with Gasteiger partial charge >= 0.3 is 0 Å². The van der Waals surface area contributed by atoms with Crippen LogP contribution in [0.15, 0.2) is 30.3 Å². The van der Waals surface area contributed by atoms with Crippen LogP contribution in [0.2, 0.25) is 0 Å². The second-order valence-corrected chi connectivity index (χ2v) is 6.54. The van der Waals surface area contributed by atoms with E-state index in [1.807, 2.05) is 6.07 Å². The molecule has 1 aromatic carbocycles. The molecule has 0 atom stereocenters. The molecule has 0 bridgehead atoms. The predicted octanol–water partition coefficient (Wildman–Crippen LogP) is 5.93. The summed E-state index contributed by atoms with van der Waals surface area (Å²) in [4.78, 5) is 0. The average molecular weight is 320 g/mol. The highest BCUT2D eigenvalue weighted by molar-refractivity contribution is 8.03. The van der Waals surface area contributed by atoms with Crippen molar-refractivity contribution in [1.29, 1.82) is 5.26 Å². The second-order valence-electron chi connectivity index (χ2n) is 5.66. The van der Waals surface area contributed by atoms with Gasteiger partial charge in [0.2, 0.25) is 0 Å². The van der Waals surface area contributed by atoms with Crippen molar-refractivity contribution in [2.45, 2.75) is 64.4 Å². The molecule has 0 spiro atoms. The summed E-state index contributed by atoms with van der Waals surface area (Å²) in [5.74, 6) is 0.999. The third-order valence-corrected chi connectivity index (χ3v) is 4.33. The van der Waals surface area contributed by atoms with Crippen molar-refractivity contribution < 1.29 is 4.74 Å². The van der Waals surface area contributed by atoms with Crippen LogP contribution in [-0.4, -0.2) is 12.4 Å². The molecule has 0 aliphatic heterocycles. The molecule has 0 unspecified atom stereocenters. The van der Waals surface area contributed by atoms with Gasteiger partial charge in [0.15, 0.2) is 0 Å². The molecule has 0 amide bonds. The zero-order chi connectivity index (χ0) is 15.7. The highest BCUT2D eigenvalue weighted by atomic mass is 32.2. The summed E-state index contributed by atoms with van der Waals surface area (Å²) in [5.41, 5.74) is 1.26. The molecule has 0 saturated heterocycles. The standard InChI is InChI=1S/C19H29NOS/c20-18-22-16-12-7-5-3-1-2-4-6-11-15-21-17-19-13-9-8-10-14-19/h8-10,13-14H,1-7,11-12,15-17H2. The van der Waals surface area contributed by atoms with Gasteiger partial charge in [0.05, 0.1) is 6.61 Å². The SMILES string of the molecule is N#CSCCCCCCCCCCCOCc1ccccc1. The molecule has 0 radical (unpaired) electrons. The summed E-state index contributed by atoms with van der Waals surface area (Å²) < 4.78 is 5.69. The van der Waals surface area contributed by atoms with Crippen LogP contribution in [-0.2, 0) is 11.3 Å². The maximum absolute atomic E-state index is 8.41. The van der Waals surface area contributed by atoms with Crippen molar-refractivity contribution in [3.63, 3.8) is 0 Å². The molecule has 1 rings (SSSR count). The summed E-state index contributed by atoms with van der Waals surface area (Å²) in [7, 11) is 0. The number of nitrogens with zero attached hydrogens (tertiary/aromatic N) is 1. The molecule has 3 heteroatoms. The molecule has 0 aliphatic rings. The fourth-order valence-corrected chi connectivity index (χ4v) is 2.87. The zero-order valence-electron chi connectivity index (χ0n) is 13.6. The van der Waals surface area contributed by atoms with E-state index in [0.29, 0.717) is 0 Å². The van der Waals surface area contributed by atoms with Gasteiger partial charge in [-0.1, -0.05) is 75.3 Å². The fraction of sp³-hybridized carbons (Fsp3) is 0.632. The van der Waals surface area contributed by atoms with Crippen molar-refractivity contribution in [1.82, 2.24) is 0 Å². The summed E-state index contributed by atoms with van der Waals surface area (Å²) in [5, 5.41) is 10.5. The fourth-order valence-electron chi connectivity index (χ4n) is 2.43. The molecular weight excluding hydrogens is 290 g/mol. The lowest BCUT2D eigenvalue weighted by molar-refractivity contribution is 0.116. The Labute approximate surface area is 140 Å². The number of unbranched alkanes of at least 4 members (excludes halogenated alkanes) is 8. The van der Waals surface area contributed by atoms with E-state index in [-0.39, 0.29) is 0 Å². The minimum Gasteiger partial charge on any atom is -0.377 e. The van der Waals surface area contributed by atoms with Gasteiger partial charge in [0.1, 0.15) is 5.40 Å². The number of hydrogen-bond donors (Lipinski definition) is 0. The lowest BCUT2D eigenvalue weighted by Gasteiger charge is -2.05. The van der Waals surface area contributed by atoms with Crippen molar-refractivity contribution in [2.24, 2.45) is 0 Å². The van der Waals surface area contributed by atoms with Crippen LogP contribution in [0.25, 0.3) is 0 Å². The van der Waals surface area contributed by atoms with E-state index in [2.05, 4.69) is 29.7 Å². The smallest absolute Gasteiger partial charge is 0.133 e. The van der Waals surface area contributed by atoms with Gasteiger partial charge in [-0.05, 0) is 30.2 Å². The van der Waals surface area contributed by atoms with Crippen LogP contribution in [0, 0.1) is 10.7 Å². The van der Waals surface area contributed by atoms with Crippen LogP contribution in [0.5, 0.6) is 0 Å². The third kappa shape index (κ3) is 11.7. The Bertz CT molecular complexity index is 388. The van der Waals surface area contributed by atoms with Crippen molar-refractivity contribution in [2.75, 3.05) is 12.4 Å². The number of hydrogen-bond acceptors (Lipinski definition) is 3. The van der Waals surface area contributed by atoms with E-state index in [1.165, 1.54) is 75.1 Å². The average Bonchev–Trinajstić information content (AvgIpc) is 2.56. The molecule has 0 aliphatic carbocycles. The van der Waals surface area contributed by atoms with Gasteiger partial charge in [0, 0.05) is 12.4 Å². The quantitative estimate of drug-likeness (QED) is 0.315. The van der Waals surface area contributed by atoms with Gasteiger partial charge in [-0.15, -0.1) is 0 Å². The molecule has 0 saturated carbocycles. The number of thioether (sulfide) groups is 1. The maximum Gasteiger partial charge on any atom is 0.133 e. The van der Waals surface area contributed by atoms with Crippen molar-refractivity contribution >= 4 is 11.8 Å². The Balaban J connectivity index is 1.74. The van der Waals surface area contributed by atoms with E-state index < -0.39 is 0 Å². The van der Waals surface area contributed by atoms with E-state index in [9.17, 15) is 0 Å². The van der Waals surface area contributed by atoms with Crippen LogP contribution in [0.1, 0.15) is 63.4 Å². The number of ether oxygens (including phenoxy) is 1. The largest absolute Gasteiger partial charge is 0.377 e. The first-order chi connectivity index (χ1) is 10.9. The Morgan fingerprint density at radius 2 is 1.41 bits per heavy atom. The molecule has 0 fully saturated rings. The number of benzene rings is 1. The number of nitriles is 1. The Hall–Kier alpha value is -0.980. The minimum atomic E-state index is 0.741. The maximum atomic E-state index is 8.41. The van der Waals surface area contributed by atoms with E-state index in [0.717, 1.165) is 19.0 Å². The monoisotopic (exact) mass is 319 g/mol. The molecule has 0 N–H and O–H groups in total. The Morgan fingerprint density at radius 1 is 0.818 bits per heavy atom. The second kappa shape index (κ2) is 14.9.